The van der Waals surface area contributed by atoms with Gasteiger partial charge in [0.1, 0.15) is 12.1 Å². The van der Waals surface area contributed by atoms with E-state index in [1.807, 2.05) is 30.3 Å². The molecule has 1 aromatic carbocycles. The molecule has 5 nitrogen and oxygen atoms in total. The first-order chi connectivity index (χ1) is 9.19. The fraction of sp³-hybridized carbons (Fsp3) is 0.429. The van der Waals surface area contributed by atoms with Crippen molar-refractivity contribution in [3.63, 3.8) is 0 Å². The Hall–Kier alpha value is -1.88. The number of hydrogen-bond donors (Lipinski definition) is 0. The molecule has 0 bridgehead atoms. The lowest BCUT2D eigenvalue weighted by molar-refractivity contribution is -0.145. The van der Waals surface area contributed by atoms with Crippen LogP contribution >= 0.6 is 0 Å². The molecule has 0 amide bonds. The molecule has 0 N–H and O–H groups in total. The first kappa shape index (κ1) is 13.5. The minimum absolute atomic E-state index is 0.308. The second kappa shape index (κ2) is 5.84. The van der Waals surface area contributed by atoms with Crippen molar-refractivity contribution in [2.24, 2.45) is 0 Å². The summed E-state index contributed by atoms with van der Waals surface area (Å²) in [6.45, 7) is 2.58. The van der Waals surface area contributed by atoms with Crippen LogP contribution in [0.5, 0.6) is 0 Å². The lowest BCUT2D eigenvalue weighted by Crippen LogP contribution is -2.19. The van der Waals surface area contributed by atoms with Crippen molar-refractivity contribution >= 4 is 11.9 Å². The highest BCUT2D eigenvalue weighted by Gasteiger charge is 2.58. The summed E-state index contributed by atoms with van der Waals surface area (Å²) in [5.74, 6) is -0.761. The summed E-state index contributed by atoms with van der Waals surface area (Å²) < 4.78 is 9.68. The fourth-order valence-corrected chi connectivity index (χ4v) is 2.14. The molecule has 1 unspecified atom stereocenters. The van der Waals surface area contributed by atoms with E-state index in [2.05, 4.69) is 0 Å². The van der Waals surface area contributed by atoms with Gasteiger partial charge in [-0.3, -0.25) is 14.5 Å². The van der Waals surface area contributed by atoms with E-state index in [-0.39, 0.29) is 5.97 Å². The van der Waals surface area contributed by atoms with Crippen LogP contribution < -0.4 is 0 Å². The molecule has 2 rings (SSSR count). The molecule has 1 aliphatic rings. The number of hydrogen-bond acceptors (Lipinski definition) is 5. The summed E-state index contributed by atoms with van der Waals surface area (Å²) in [4.78, 5) is 25.2. The Morgan fingerprint density at radius 1 is 1.16 bits per heavy atom. The minimum Gasteiger partial charge on any atom is -0.468 e. The van der Waals surface area contributed by atoms with E-state index in [1.54, 1.807) is 11.8 Å². The predicted octanol–water partition coefficient (Wildman–Crippen LogP) is 0.975. The third-order valence-corrected chi connectivity index (χ3v) is 3.10. The normalized spacial score (nSPS) is 24.6. The number of carbonyl (C=O) groups excluding carboxylic acids is 2. The first-order valence-corrected chi connectivity index (χ1v) is 6.23. The van der Waals surface area contributed by atoms with E-state index in [9.17, 15) is 9.59 Å². The smallest absolute Gasteiger partial charge is 0.325 e. The molecule has 0 spiro atoms. The molecular weight excluding hydrogens is 246 g/mol. The van der Waals surface area contributed by atoms with Crippen molar-refractivity contribution in [3.8, 4) is 0 Å². The molecule has 19 heavy (non-hydrogen) atoms. The van der Waals surface area contributed by atoms with Crippen LogP contribution in [0.1, 0.15) is 12.5 Å². The van der Waals surface area contributed by atoms with Gasteiger partial charge in [0.05, 0.1) is 13.7 Å². The molecule has 3 atom stereocenters. The largest absolute Gasteiger partial charge is 0.468 e. The highest BCUT2D eigenvalue weighted by molar-refractivity contribution is 5.92. The third kappa shape index (κ3) is 2.93. The highest BCUT2D eigenvalue weighted by Crippen LogP contribution is 2.32. The molecule has 1 fully saturated rings. The van der Waals surface area contributed by atoms with Gasteiger partial charge in [-0.25, -0.2) is 0 Å². The zero-order chi connectivity index (χ0) is 13.8. The summed E-state index contributed by atoms with van der Waals surface area (Å²) in [5, 5.41) is 0. The quantitative estimate of drug-likeness (QED) is 0.585. The molecule has 0 saturated carbocycles. The zero-order valence-electron chi connectivity index (χ0n) is 11.0. The summed E-state index contributed by atoms with van der Waals surface area (Å²) in [5.41, 5.74) is 1.04. The maximum atomic E-state index is 11.8. The monoisotopic (exact) mass is 263 g/mol. The van der Waals surface area contributed by atoms with Gasteiger partial charge < -0.3 is 9.47 Å². The van der Waals surface area contributed by atoms with Gasteiger partial charge in [0.25, 0.3) is 0 Å². The number of rotatable bonds is 5. The Morgan fingerprint density at radius 3 is 2.37 bits per heavy atom. The van der Waals surface area contributed by atoms with Gasteiger partial charge in [-0.15, -0.1) is 0 Å². The Morgan fingerprint density at radius 2 is 1.79 bits per heavy atom. The van der Waals surface area contributed by atoms with E-state index in [0.717, 1.165) is 5.56 Å². The number of esters is 2. The topological polar surface area (TPSA) is 55.6 Å². The molecule has 1 heterocycles. The van der Waals surface area contributed by atoms with Gasteiger partial charge in [-0.1, -0.05) is 30.3 Å². The van der Waals surface area contributed by atoms with Crippen molar-refractivity contribution in [1.29, 1.82) is 0 Å². The zero-order valence-corrected chi connectivity index (χ0v) is 11.0. The average molecular weight is 263 g/mol. The van der Waals surface area contributed by atoms with E-state index in [1.165, 1.54) is 7.11 Å². The van der Waals surface area contributed by atoms with Gasteiger partial charge in [0.15, 0.2) is 0 Å². The van der Waals surface area contributed by atoms with Gasteiger partial charge in [-0.05, 0) is 12.5 Å². The summed E-state index contributed by atoms with van der Waals surface area (Å²) in [6, 6.07) is 8.63. The number of benzene rings is 1. The highest BCUT2D eigenvalue weighted by atomic mass is 16.5. The number of nitrogens with zero attached hydrogens (tertiary/aromatic N) is 1. The van der Waals surface area contributed by atoms with Gasteiger partial charge in [0.2, 0.25) is 0 Å². The summed E-state index contributed by atoms with van der Waals surface area (Å²) in [6.07, 6.45) is 0. The molecule has 1 aromatic rings. The van der Waals surface area contributed by atoms with Crippen molar-refractivity contribution < 1.29 is 19.1 Å². The van der Waals surface area contributed by atoms with Gasteiger partial charge in [0, 0.05) is 6.54 Å². The van der Waals surface area contributed by atoms with Crippen LogP contribution in [0.4, 0.5) is 0 Å². The maximum Gasteiger partial charge on any atom is 0.325 e. The van der Waals surface area contributed by atoms with Crippen molar-refractivity contribution in [1.82, 2.24) is 4.90 Å². The summed E-state index contributed by atoms with van der Waals surface area (Å²) >= 11 is 0. The SMILES string of the molecule is CCOC(=O)[C@H]1[C@@H](C(=O)OC)N1Cc1ccccc1. The second-order valence-electron chi connectivity index (χ2n) is 4.32. The van der Waals surface area contributed by atoms with Gasteiger partial charge in [-0.2, -0.15) is 0 Å². The predicted molar refractivity (Wildman–Crippen MR) is 68.2 cm³/mol. The maximum absolute atomic E-state index is 11.8. The van der Waals surface area contributed by atoms with Crippen LogP contribution in [0.3, 0.4) is 0 Å². The molecular formula is C14H17NO4. The lowest BCUT2D eigenvalue weighted by atomic mass is 10.2. The van der Waals surface area contributed by atoms with Gasteiger partial charge >= 0.3 is 11.9 Å². The lowest BCUT2D eigenvalue weighted by Gasteiger charge is -2.03. The molecule has 1 saturated heterocycles. The molecule has 5 heteroatoms. The van der Waals surface area contributed by atoms with E-state index >= 15 is 0 Å². The Balaban J connectivity index is 2.05. The minimum atomic E-state index is -0.524. The van der Waals surface area contributed by atoms with Crippen LogP contribution in [0.15, 0.2) is 30.3 Å². The van der Waals surface area contributed by atoms with E-state index in [0.29, 0.717) is 13.2 Å². The van der Waals surface area contributed by atoms with Crippen molar-refractivity contribution in [2.75, 3.05) is 13.7 Å². The number of methoxy groups -OCH3 is 1. The van der Waals surface area contributed by atoms with E-state index in [4.69, 9.17) is 9.47 Å². The Kier molecular flexibility index (Phi) is 4.16. The van der Waals surface area contributed by atoms with E-state index < -0.39 is 18.1 Å². The first-order valence-electron chi connectivity index (χ1n) is 6.23. The number of ether oxygens (including phenoxy) is 2. The van der Waals surface area contributed by atoms with Crippen molar-refractivity contribution in [3.05, 3.63) is 35.9 Å². The Labute approximate surface area is 112 Å². The molecule has 0 aliphatic carbocycles. The number of carbonyl (C=O) groups is 2. The molecule has 102 valence electrons. The van der Waals surface area contributed by atoms with Crippen LogP contribution in [0, 0.1) is 0 Å². The van der Waals surface area contributed by atoms with Crippen molar-refractivity contribution in [2.45, 2.75) is 25.6 Å². The van der Waals surface area contributed by atoms with Crippen LogP contribution in [-0.2, 0) is 25.6 Å². The molecule has 0 radical (unpaired) electrons. The summed E-state index contributed by atoms with van der Waals surface area (Å²) in [7, 11) is 1.32. The molecule has 0 aromatic heterocycles. The second-order valence-corrected chi connectivity index (χ2v) is 4.32. The van der Waals surface area contributed by atoms with Crippen LogP contribution in [-0.4, -0.2) is 42.6 Å². The van der Waals surface area contributed by atoms with Crippen LogP contribution in [0.2, 0.25) is 0 Å². The van der Waals surface area contributed by atoms with Crippen LogP contribution in [0.25, 0.3) is 0 Å². The standard InChI is InChI=1S/C14H17NO4/c1-3-19-14(17)12-11(13(16)18-2)15(12)9-10-7-5-4-6-8-10/h4-8,11-12H,3,9H2,1-2H3/t11-,12+,15?/m0/s1. The average Bonchev–Trinajstić information content (AvgIpc) is 3.13. The third-order valence-electron chi connectivity index (χ3n) is 3.10. The molecule has 1 aliphatic heterocycles. The fourth-order valence-electron chi connectivity index (χ4n) is 2.14. The Bertz CT molecular complexity index is 460.